The van der Waals surface area contributed by atoms with Crippen LogP contribution in [0.4, 0.5) is 0 Å². The molecule has 0 aliphatic carbocycles. The second-order valence-electron chi connectivity index (χ2n) is 14.3. The third-order valence-corrected chi connectivity index (χ3v) is 13.9. The van der Waals surface area contributed by atoms with E-state index in [4.69, 9.17) is 2.74 Å². The standard InChI is InChI=1S/C30H24NS.C14H16GeN.Ir/c1-30(2,3)18-19-13-14-31-27(15-19)24-10-6-9-23-26-16-21-12-11-20-7-4-5-8-22(20)25(21)17-28(26)32-29(23)24;1-15(2,3)13-9-10-14(16-11-13)12-7-5-4-6-8-12;/h4-9,11-17H,18H2,1-3H3;4-7,9-11H,1-3H3;/q2*-1;/i18D2;;. The number of pyridine rings is 2. The summed E-state index contributed by atoms with van der Waals surface area (Å²) in [7, 11) is 0. The number of thiophene rings is 1. The number of benzene rings is 5. The van der Waals surface area contributed by atoms with Gasteiger partial charge in [0.05, 0.1) is 0 Å². The van der Waals surface area contributed by atoms with Gasteiger partial charge in [0.1, 0.15) is 0 Å². The molecule has 0 bridgehead atoms. The Bertz CT molecular complexity index is 2480. The fourth-order valence-electron chi connectivity index (χ4n) is 6.06. The Balaban J connectivity index is 0.000000222. The third-order valence-electron chi connectivity index (χ3n) is 8.45. The molecule has 3 heterocycles. The monoisotopic (exact) mass is 897 g/mol. The number of rotatable bonds is 4. The number of fused-ring (bicyclic) bond motifs is 6. The van der Waals surface area contributed by atoms with Gasteiger partial charge in [-0.1, -0.05) is 74.2 Å². The number of hydrogen-bond acceptors (Lipinski definition) is 3. The molecule has 3 aromatic heterocycles. The van der Waals surface area contributed by atoms with Crippen molar-refractivity contribution >= 4 is 70.7 Å². The average Bonchev–Trinajstić information content (AvgIpc) is 3.48. The number of hydrogen-bond donors (Lipinski definition) is 0. The van der Waals surface area contributed by atoms with Crippen LogP contribution in [0, 0.1) is 17.5 Å². The molecule has 0 fully saturated rings. The summed E-state index contributed by atoms with van der Waals surface area (Å²) in [6.45, 7) is 5.79. The molecule has 1 radical (unpaired) electrons. The second kappa shape index (κ2) is 14.3. The molecule has 0 N–H and O–H groups in total. The number of aromatic nitrogens is 2. The van der Waals surface area contributed by atoms with Gasteiger partial charge in [0, 0.05) is 33.7 Å². The summed E-state index contributed by atoms with van der Waals surface area (Å²) in [6, 6.07) is 44.2. The second-order valence-corrected chi connectivity index (χ2v) is 26.0. The van der Waals surface area contributed by atoms with E-state index in [9.17, 15) is 0 Å². The molecule has 0 amide bonds. The molecule has 5 aromatic carbocycles. The first-order valence-electron chi connectivity index (χ1n) is 17.4. The van der Waals surface area contributed by atoms with Crippen LogP contribution >= 0.6 is 11.3 Å². The van der Waals surface area contributed by atoms with E-state index >= 15 is 0 Å². The minimum absolute atomic E-state index is 0. The van der Waals surface area contributed by atoms with E-state index in [0.29, 0.717) is 5.56 Å². The van der Waals surface area contributed by atoms with E-state index in [1.165, 1.54) is 41.4 Å². The van der Waals surface area contributed by atoms with Gasteiger partial charge < -0.3 is 4.98 Å². The SMILES string of the molecule is [2H]C([2H])(c1ccnc(-c2[c-]ccc3c2sc2cc4c(ccc5ccccc54)cc23)c1)C(C)(C)C.[CH3][Ge]([CH3])([CH3])[c]1ccc(-c2[c-]cccc2)nc1.[Ir]. The topological polar surface area (TPSA) is 25.8 Å². The first kappa shape index (κ1) is 32.5. The van der Waals surface area contributed by atoms with E-state index < -0.39 is 25.1 Å². The molecule has 8 rings (SSSR count). The fourth-order valence-corrected chi connectivity index (χ4v) is 9.46. The van der Waals surface area contributed by atoms with Gasteiger partial charge in [-0.25, -0.2) is 0 Å². The average molecular weight is 896 g/mol. The molecule has 0 saturated carbocycles. The Labute approximate surface area is 313 Å². The maximum absolute atomic E-state index is 8.71. The van der Waals surface area contributed by atoms with Crippen molar-refractivity contribution < 1.29 is 22.8 Å². The maximum Gasteiger partial charge on any atom is 0 e. The van der Waals surface area contributed by atoms with Gasteiger partial charge in [0.2, 0.25) is 0 Å². The normalized spacial score (nSPS) is 12.7. The molecule has 0 aliphatic heterocycles. The van der Waals surface area contributed by atoms with Crippen molar-refractivity contribution in [1.82, 2.24) is 9.97 Å². The van der Waals surface area contributed by atoms with Crippen LogP contribution in [0.5, 0.6) is 0 Å². The Kier molecular flexibility index (Phi) is 9.48. The van der Waals surface area contributed by atoms with Gasteiger partial charge in [0.25, 0.3) is 0 Å². The van der Waals surface area contributed by atoms with Crippen molar-refractivity contribution in [1.29, 1.82) is 0 Å². The largest absolute Gasteiger partial charge is 0 e. The van der Waals surface area contributed by atoms with E-state index in [1.54, 1.807) is 23.6 Å². The summed E-state index contributed by atoms with van der Waals surface area (Å²) >= 11 is 0.0445. The molecule has 247 valence electrons. The molecule has 0 aliphatic rings. The summed E-state index contributed by atoms with van der Waals surface area (Å²) in [4.78, 5) is 9.16. The Morgan fingerprint density at radius 1 is 0.714 bits per heavy atom. The predicted molar refractivity (Wildman–Crippen MR) is 211 cm³/mol. The van der Waals surface area contributed by atoms with Crippen LogP contribution in [0.25, 0.3) is 64.2 Å². The van der Waals surface area contributed by atoms with Gasteiger partial charge in [0.15, 0.2) is 0 Å². The van der Waals surface area contributed by atoms with Crippen LogP contribution < -0.4 is 4.40 Å². The summed E-state index contributed by atoms with van der Waals surface area (Å²) < 4.78 is 21.2. The van der Waals surface area contributed by atoms with Crippen LogP contribution in [-0.2, 0) is 26.5 Å². The fraction of sp³-hybridized carbons (Fsp3) is 0.182. The van der Waals surface area contributed by atoms with Crippen molar-refractivity contribution in [3.63, 3.8) is 0 Å². The Hall–Kier alpha value is -3.67. The Morgan fingerprint density at radius 3 is 2.24 bits per heavy atom. The van der Waals surface area contributed by atoms with Gasteiger partial charge in [-0.05, 0) is 67.3 Å². The molecule has 0 atom stereocenters. The van der Waals surface area contributed by atoms with E-state index in [0.717, 1.165) is 27.2 Å². The zero-order valence-electron chi connectivity index (χ0n) is 30.7. The van der Waals surface area contributed by atoms with E-state index in [-0.39, 0.29) is 20.1 Å². The molecule has 0 saturated heterocycles. The van der Waals surface area contributed by atoms with Gasteiger partial charge in [-0.15, -0.1) is 23.8 Å². The van der Waals surface area contributed by atoms with Crippen molar-refractivity contribution in [3.8, 4) is 22.5 Å². The van der Waals surface area contributed by atoms with Crippen LogP contribution in [0.1, 0.15) is 29.1 Å². The third kappa shape index (κ3) is 7.74. The zero-order valence-corrected chi connectivity index (χ0v) is 34.0. The minimum Gasteiger partial charge on any atom is 0 e. The molecular weight excluding hydrogens is 853 g/mol. The molecule has 49 heavy (non-hydrogen) atoms. The summed E-state index contributed by atoms with van der Waals surface area (Å²) in [5.41, 5.74) is 3.89. The van der Waals surface area contributed by atoms with Crippen molar-refractivity contribution in [2.45, 2.75) is 44.4 Å². The van der Waals surface area contributed by atoms with Gasteiger partial charge >= 0.3 is 99.8 Å². The first-order chi connectivity index (χ1) is 23.8. The summed E-state index contributed by atoms with van der Waals surface area (Å²) in [6.07, 6.45) is 2.28. The van der Waals surface area contributed by atoms with E-state index in [2.05, 4.69) is 106 Å². The first-order valence-corrected chi connectivity index (χ1v) is 24.6. The molecular formula is C44H40GeIrN2S-2. The maximum atomic E-state index is 8.71. The quantitative estimate of drug-likeness (QED) is 0.0999. The van der Waals surface area contributed by atoms with E-state index in [1.807, 2.05) is 63.4 Å². The van der Waals surface area contributed by atoms with Crippen LogP contribution in [0.3, 0.4) is 0 Å². The Morgan fingerprint density at radius 2 is 1.51 bits per heavy atom. The van der Waals surface area contributed by atoms with Crippen molar-refractivity contribution in [3.05, 3.63) is 139 Å². The molecule has 8 aromatic rings. The summed E-state index contributed by atoms with van der Waals surface area (Å²) in [5.74, 6) is 7.14. The van der Waals surface area contributed by atoms with Crippen molar-refractivity contribution in [2.24, 2.45) is 5.41 Å². The van der Waals surface area contributed by atoms with Gasteiger partial charge in [-0.3, -0.25) is 0 Å². The molecule has 0 spiro atoms. The molecule has 5 heteroatoms. The van der Waals surface area contributed by atoms with Gasteiger partial charge in [-0.2, -0.15) is 11.3 Å². The molecule has 0 unspecified atom stereocenters. The zero-order chi connectivity index (χ0) is 35.3. The van der Waals surface area contributed by atoms with Crippen LogP contribution in [0.15, 0.2) is 122 Å². The summed E-state index contributed by atoms with van der Waals surface area (Å²) in [5, 5.41) is 7.44. The number of nitrogens with zero attached hydrogens (tertiary/aromatic N) is 2. The minimum atomic E-state index is -1.72. The van der Waals surface area contributed by atoms with Crippen LogP contribution in [-0.4, -0.2) is 23.2 Å². The van der Waals surface area contributed by atoms with Crippen molar-refractivity contribution in [2.75, 3.05) is 0 Å². The van der Waals surface area contributed by atoms with Crippen LogP contribution in [0.2, 0.25) is 17.3 Å². The molecule has 2 nitrogen and oxygen atoms in total. The smallest absolute Gasteiger partial charge is 0 e. The predicted octanol–water partition coefficient (Wildman–Crippen LogP) is 11.9.